The van der Waals surface area contributed by atoms with Gasteiger partial charge in [-0.15, -0.1) is 0 Å². The number of aromatic nitrogens is 2. The molecule has 2 aromatic rings. The molecule has 0 spiro atoms. The second-order valence-corrected chi connectivity index (χ2v) is 5.26. The minimum absolute atomic E-state index is 0.157. The molecule has 0 aromatic carbocycles. The number of hydrogen-bond acceptors (Lipinski definition) is 4. The minimum atomic E-state index is -0.354. The van der Waals surface area contributed by atoms with E-state index in [9.17, 15) is 4.79 Å². The average molecular weight is 345 g/mol. The second kappa shape index (κ2) is 5.30. The van der Waals surface area contributed by atoms with Crippen LogP contribution in [0.3, 0.4) is 0 Å². The van der Waals surface area contributed by atoms with Crippen molar-refractivity contribution in [1.82, 2.24) is 10.1 Å². The summed E-state index contributed by atoms with van der Waals surface area (Å²) < 4.78 is 5.71. The van der Waals surface area contributed by atoms with Crippen molar-refractivity contribution >= 4 is 39.1 Å². The third-order valence-corrected chi connectivity index (χ3v) is 3.71. The number of halogens is 2. The largest absolute Gasteiger partial charge is 0.359 e. The molecule has 0 bridgehead atoms. The Labute approximate surface area is 123 Å². The van der Waals surface area contributed by atoms with E-state index in [4.69, 9.17) is 16.1 Å². The maximum atomic E-state index is 12.2. The summed E-state index contributed by atoms with van der Waals surface area (Å²) in [6.07, 6.45) is 0. The van der Waals surface area contributed by atoms with E-state index in [1.165, 1.54) is 0 Å². The molecule has 0 unspecified atom stereocenters. The van der Waals surface area contributed by atoms with E-state index in [0.717, 1.165) is 10.2 Å². The van der Waals surface area contributed by atoms with Crippen molar-refractivity contribution in [3.63, 3.8) is 0 Å². The van der Waals surface area contributed by atoms with Crippen LogP contribution in [0.5, 0.6) is 0 Å². The third-order valence-electron chi connectivity index (χ3n) is 2.62. The van der Waals surface area contributed by atoms with Crippen molar-refractivity contribution in [2.75, 3.05) is 5.32 Å². The molecule has 0 radical (unpaired) electrons. The van der Waals surface area contributed by atoms with Gasteiger partial charge in [-0.25, -0.2) is 4.98 Å². The van der Waals surface area contributed by atoms with Gasteiger partial charge in [-0.1, -0.05) is 16.8 Å². The summed E-state index contributed by atoms with van der Waals surface area (Å²) in [5.41, 5.74) is 2.18. The zero-order valence-corrected chi connectivity index (χ0v) is 12.9. The molecular weight excluding hydrogens is 334 g/mol. The SMILES string of the molecule is Cc1nc(Cl)c(C(=O)Nc2c(C)noc2C)cc1Br. The van der Waals surface area contributed by atoms with E-state index >= 15 is 0 Å². The number of hydrogen-bond donors (Lipinski definition) is 1. The van der Waals surface area contributed by atoms with Gasteiger partial charge in [0.2, 0.25) is 0 Å². The molecule has 0 atom stereocenters. The number of aryl methyl sites for hydroxylation is 3. The van der Waals surface area contributed by atoms with Crippen LogP contribution in [0, 0.1) is 20.8 Å². The van der Waals surface area contributed by atoms with Gasteiger partial charge in [0.25, 0.3) is 5.91 Å². The topological polar surface area (TPSA) is 68.0 Å². The second-order valence-electron chi connectivity index (χ2n) is 4.05. The fourth-order valence-corrected chi connectivity index (χ4v) is 2.14. The fourth-order valence-electron chi connectivity index (χ4n) is 1.55. The zero-order valence-electron chi connectivity index (χ0n) is 10.5. The highest BCUT2D eigenvalue weighted by molar-refractivity contribution is 9.10. The number of nitrogens with zero attached hydrogens (tertiary/aromatic N) is 2. The maximum absolute atomic E-state index is 12.2. The molecule has 1 amide bonds. The number of carbonyl (C=O) groups is 1. The Bertz CT molecular complexity index is 635. The van der Waals surface area contributed by atoms with Gasteiger partial charge in [0.1, 0.15) is 16.5 Å². The van der Waals surface area contributed by atoms with Gasteiger partial charge in [0.15, 0.2) is 5.76 Å². The first kappa shape index (κ1) is 14.0. The van der Waals surface area contributed by atoms with E-state index in [1.54, 1.807) is 26.8 Å². The van der Waals surface area contributed by atoms with E-state index in [-0.39, 0.29) is 11.1 Å². The first-order valence-corrected chi connectivity index (χ1v) is 6.64. The third kappa shape index (κ3) is 2.79. The first-order valence-electron chi connectivity index (χ1n) is 5.47. The molecule has 0 aliphatic carbocycles. The minimum Gasteiger partial charge on any atom is -0.359 e. The normalized spacial score (nSPS) is 10.6. The lowest BCUT2D eigenvalue weighted by Crippen LogP contribution is -2.14. The Balaban J connectivity index is 2.33. The number of rotatable bonds is 2. The van der Waals surface area contributed by atoms with E-state index in [2.05, 4.69) is 31.4 Å². The number of amides is 1. The number of anilines is 1. The van der Waals surface area contributed by atoms with Crippen molar-refractivity contribution in [1.29, 1.82) is 0 Å². The zero-order chi connectivity index (χ0) is 14.2. The van der Waals surface area contributed by atoms with Gasteiger partial charge < -0.3 is 9.84 Å². The van der Waals surface area contributed by atoms with Crippen LogP contribution in [-0.4, -0.2) is 16.0 Å². The molecule has 0 aliphatic heterocycles. The molecular formula is C12H11BrClN3O2. The highest BCUT2D eigenvalue weighted by Gasteiger charge is 2.17. The van der Waals surface area contributed by atoms with Crippen LogP contribution in [0.1, 0.15) is 27.5 Å². The van der Waals surface area contributed by atoms with E-state index < -0.39 is 0 Å². The van der Waals surface area contributed by atoms with Crippen molar-refractivity contribution in [3.05, 3.63) is 38.4 Å². The monoisotopic (exact) mass is 343 g/mol. The molecule has 2 aromatic heterocycles. The van der Waals surface area contributed by atoms with Crippen LogP contribution in [0.15, 0.2) is 15.1 Å². The summed E-state index contributed by atoms with van der Waals surface area (Å²) in [6.45, 7) is 5.27. The average Bonchev–Trinajstić information content (AvgIpc) is 2.65. The first-order chi connectivity index (χ1) is 8.90. The van der Waals surface area contributed by atoms with Crippen LogP contribution in [0.25, 0.3) is 0 Å². The number of carbonyl (C=O) groups excluding carboxylic acids is 1. The van der Waals surface area contributed by atoms with Crippen LogP contribution in [-0.2, 0) is 0 Å². The van der Waals surface area contributed by atoms with Gasteiger partial charge >= 0.3 is 0 Å². The highest BCUT2D eigenvalue weighted by Crippen LogP contribution is 2.24. The van der Waals surface area contributed by atoms with Crippen molar-refractivity contribution < 1.29 is 9.32 Å². The summed E-state index contributed by atoms with van der Waals surface area (Å²) in [7, 11) is 0. The van der Waals surface area contributed by atoms with E-state index in [0.29, 0.717) is 22.7 Å². The smallest absolute Gasteiger partial charge is 0.258 e. The Morgan fingerprint density at radius 2 is 2.05 bits per heavy atom. The van der Waals surface area contributed by atoms with Gasteiger partial charge in [0, 0.05) is 4.47 Å². The molecule has 0 saturated carbocycles. The highest BCUT2D eigenvalue weighted by atomic mass is 79.9. The molecule has 0 fully saturated rings. The molecule has 2 heterocycles. The Hall–Kier alpha value is -1.40. The lowest BCUT2D eigenvalue weighted by molar-refractivity contribution is 0.102. The summed E-state index contributed by atoms with van der Waals surface area (Å²) >= 11 is 9.31. The van der Waals surface area contributed by atoms with Crippen LogP contribution in [0.4, 0.5) is 5.69 Å². The molecule has 5 nitrogen and oxygen atoms in total. The Morgan fingerprint density at radius 1 is 1.37 bits per heavy atom. The molecule has 2 rings (SSSR count). The lowest BCUT2D eigenvalue weighted by atomic mass is 10.2. The number of nitrogens with one attached hydrogen (secondary N) is 1. The van der Waals surface area contributed by atoms with Gasteiger partial charge in [0.05, 0.1) is 11.3 Å². The summed E-state index contributed by atoms with van der Waals surface area (Å²) in [4.78, 5) is 16.3. The van der Waals surface area contributed by atoms with Crippen LogP contribution < -0.4 is 5.32 Å². The predicted octanol–water partition coefficient (Wildman–Crippen LogP) is 3.66. The molecule has 0 aliphatic rings. The van der Waals surface area contributed by atoms with Gasteiger partial charge in [-0.2, -0.15) is 0 Å². The van der Waals surface area contributed by atoms with Crippen molar-refractivity contribution in [2.24, 2.45) is 0 Å². The maximum Gasteiger partial charge on any atom is 0.258 e. The van der Waals surface area contributed by atoms with Crippen LogP contribution >= 0.6 is 27.5 Å². The number of pyridine rings is 1. The predicted molar refractivity (Wildman–Crippen MR) is 75.6 cm³/mol. The molecule has 0 saturated heterocycles. The standard InChI is InChI=1S/C12H11BrClN3O2/c1-5-9(13)4-8(11(14)15-5)12(18)16-10-6(2)17-19-7(10)3/h4H,1-3H3,(H,16,18). The summed E-state index contributed by atoms with van der Waals surface area (Å²) in [5, 5.41) is 6.65. The molecule has 1 N–H and O–H groups in total. The molecule has 7 heteroatoms. The Kier molecular flexibility index (Phi) is 3.91. The van der Waals surface area contributed by atoms with Gasteiger partial charge in [-0.05, 0) is 42.8 Å². The van der Waals surface area contributed by atoms with E-state index in [1.807, 2.05) is 0 Å². The molecule has 19 heavy (non-hydrogen) atoms. The van der Waals surface area contributed by atoms with Crippen molar-refractivity contribution in [3.8, 4) is 0 Å². The summed E-state index contributed by atoms with van der Waals surface area (Å²) in [5.74, 6) is 0.189. The van der Waals surface area contributed by atoms with Crippen LogP contribution in [0.2, 0.25) is 5.15 Å². The lowest BCUT2D eigenvalue weighted by Gasteiger charge is -2.07. The molecule has 100 valence electrons. The quantitative estimate of drug-likeness (QED) is 0.844. The van der Waals surface area contributed by atoms with Gasteiger partial charge in [-0.3, -0.25) is 4.79 Å². The fraction of sp³-hybridized carbons (Fsp3) is 0.250. The Morgan fingerprint density at radius 3 is 2.63 bits per heavy atom. The summed E-state index contributed by atoms with van der Waals surface area (Å²) in [6, 6.07) is 1.64. The van der Waals surface area contributed by atoms with Crippen molar-refractivity contribution in [2.45, 2.75) is 20.8 Å².